The maximum Gasteiger partial charge on any atom is 0.0906 e. The summed E-state index contributed by atoms with van der Waals surface area (Å²) in [5, 5.41) is 9.41. The molecule has 1 aromatic heterocycles. The van der Waals surface area contributed by atoms with Gasteiger partial charge in [0.15, 0.2) is 0 Å². The van der Waals surface area contributed by atoms with Gasteiger partial charge in [-0.05, 0) is 12.1 Å². The quantitative estimate of drug-likeness (QED) is 0.767. The van der Waals surface area contributed by atoms with Crippen molar-refractivity contribution in [2.45, 2.75) is 6.42 Å². The average molecular weight is 238 g/mol. The Balaban J connectivity index is 2.62. The Morgan fingerprint density at radius 1 is 1.20 bits per heavy atom. The van der Waals surface area contributed by atoms with E-state index in [1.165, 1.54) is 0 Å². The molecule has 0 spiro atoms. The van der Waals surface area contributed by atoms with E-state index in [-0.39, 0.29) is 6.42 Å². The maximum absolute atomic E-state index is 8.53. The largest absolute Gasteiger partial charge is 0.253 e. The molecule has 2 aromatic rings. The van der Waals surface area contributed by atoms with E-state index >= 15 is 0 Å². The van der Waals surface area contributed by atoms with Crippen molar-refractivity contribution >= 4 is 34.2 Å². The summed E-state index contributed by atoms with van der Waals surface area (Å²) >= 11 is 11.7. The number of aromatic nitrogens is 2. The lowest BCUT2D eigenvalue weighted by atomic mass is 10.2. The standard InChI is InChI=1S/C10H5Cl2N3/c11-7-3-9-10(4-8(7)12)15-6(1-2-13)5-14-9/h3-5H,1H2. The Labute approximate surface area is 96.3 Å². The van der Waals surface area contributed by atoms with Crippen LogP contribution in [0.3, 0.4) is 0 Å². The Kier molecular flexibility index (Phi) is 2.72. The lowest BCUT2D eigenvalue weighted by Gasteiger charge is -2.01. The number of fused-ring (bicyclic) bond motifs is 1. The fourth-order valence-corrected chi connectivity index (χ4v) is 1.53. The Hall–Kier alpha value is -1.37. The van der Waals surface area contributed by atoms with E-state index in [9.17, 15) is 0 Å². The highest BCUT2D eigenvalue weighted by molar-refractivity contribution is 6.42. The van der Waals surface area contributed by atoms with Gasteiger partial charge < -0.3 is 0 Å². The number of nitriles is 1. The first-order chi connectivity index (χ1) is 7.20. The molecule has 1 aromatic carbocycles. The summed E-state index contributed by atoms with van der Waals surface area (Å²) in [4.78, 5) is 8.38. The molecule has 0 aliphatic carbocycles. The van der Waals surface area contributed by atoms with Crippen molar-refractivity contribution in [3.63, 3.8) is 0 Å². The number of benzene rings is 1. The third-order valence-electron chi connectivity index (χ3n) is 1.89. The van der Waals surface area contributed by atoms with Crippen molar-refractivity contribution in [1.29, 1.82) is 5.26 Å². The molecule has 0 saturated carbocycles. The van der Waals surface area contributed by atoms with Gasteiger partial charge in [0.05, 0.1) is 45.5 Å². The molecule has 2 rings (SSSR count). The predicted molar refractivity (Wildman–Crippen MR) is 58.9 cm³/mol. The molecule has 0 amide bonds. The van der Waals surface area contributed by atoms with Gasteiger partial charge in [0.25, 0.3) is 0 Å². The Bertz CT molecular complexity index is 560. The van der Waals surface area contributed by atoms with Gasteiger partial charge in [-0.2, -0.15) is 5.26 Å². The molecule has 0 aliphatic heterocycles. The normalized spacial score (nSPS) is 10.2. The first kappa shape index (κ1) is 10.2. The predicted octanol–water partition coefficient (Wildman–Crippen LogP) is 3.00. The van der Waals surface area contributed by atoms with Crippen molar-refractivity contribution in [2.75, 3.05) is 0 Å². The van der Waals surface area contributed by atoms with E-state index in [2.05, 4.69) is 9.97 Å². The van der Waals surface area contributed by atoms with Crippen LogP contribution < -0.4 is 0 Å². The van der Waals surface area contributed by atoms with Crippen LogP contribution in [0.25, 0.3) is 11.0 Å². The molecule has 15 heavy (non-hydrogen) atoms. The molecule has 0 radical (unpaired) electrons. The molecule has 0 unspecified atom stereocenters. The van der Waals surface area contributed by atoms with Gasteiger partial charge >= 0.3 is 0 Å². The highest BCUT2D eigenvalue weighted by Crippen LogP contribution is 2.25. The summed E-state index contributed by atoms with van der Waals surface area (Å²) in [6.07, 6.45) is 1.80. The number of hydrogen-bond donors (Lipinski definition) is 0. The van der Waals surface area contributed by atoms with Gasteiger partial charge in [-0.1, -0.05) is 23.2 Å². The fraction of sp³-hybridized carbons (Fsp3) is 0.100. The van der Waals surface area contributed by atoms with Gasteiger partial charge in [-0.15, -0.1) is 0 Å². The lowest BCUT2D eigenvalue weighted by molar-refractivity contribution is 1.11. The van der Waals surface area contributed by atoms with E-state index in [0.717, 1.165) is 0 Å². The van der Waals surface area contributed by atoms with Gasteiger partial charge in [0.1, 0.15) is 0 Å². The molecule has 0 saturated heterocycles. The molecule has 0 N–H and O–H groups in total. The highest BCUT2D eigenvalue weighted by Gasteiger charge is 2.04. The number of nitrogens with zero attached hydrogens (tertiary/aromatic N) is 3. The van der Waals surface area contributed by atoms with Crippen LogP contribution in [0.5, 0.6) is 0 Å². The van der Waals surface area contributed by atoms with Crippen LogP contribution in [-0.4, -0.2) is 9.97 Å². The molecular formula is C10H5Cl2N3. The highest BCUT2D eigenvalue weighted by atomic mass is 35.5. The smallest absolute Gasteiger partial charge is 0.0906 e. The zero-order chi connectivity index (χ0) is 10.8. The Morgan fingerprint density at radius 2 is 1.87 bits per heavy atom. The minimum atomic E-state index is 0.239. The second kappa shape index (κ2) is 4.01. The van der Waals surface area contributed by atoms with Crippen molar-refractivity contribution in [2.24, 2.45) is 0 Å². The SMILES string of the molecule is N#CCc1cnc2cc(Cl)c(Cl)cc2n1. The van der Waals surface area contributed by atoms with E-state index in [1.807, 2.05) is 6.07 Å². The van der Waals surface area contributed by atoms with E-state index in [1.54, 1.807) is 18.3 Å². The molecule has 5 heteroatoms. The van der Waals surface area contributed by atoms with Crippen molar-refractivity contribution < 1.29 is 0 Å². The first-order valence-electron chi connectivity index (χ1n) is 4.18. The summed E-state index contributed by atoms with van der Waals surface area (Å²) in [6.45, 7) is 0. The third kappa shape index (κ3) is 2.01. The van der Waals surface area contributed by atoms with Crippen LogP contribution in [0, 0.1) is 11.3 Å². The molecule has 0 fully saturated rings. The molecule has 74 valence electrons. The topological polar surface area (TPSA) is 49.6 Å². The third-order valence-corrected chi connectivity index (χ3v) is 2.62. The van der Waals surface area contributed by atoms with Crippen LogP contribution in [0.4, 0.5) is 0 Å². The zero-order valence-electron chi connectivity index (χ0n) is 7.54. The molecule has 0 aliphatic rings. The van der Waals surface area contributed by atoms with Crippen LogP contribution in [0.2, 0.25) is 10.0 Å². The summed E-state index contributed by atoms with van der Waals surface area (Å²) in [7, 11) is 0. The van der Waals surface area contributed by atoms with Crippen LogP contribution in [0.15, 0.2) is 18.3 Å². The summed E-state index contributed by atoms with van der Waals surface area (Å²) in [6, 6.07) is 5.31. The fourth-order valence-electron chi connectivity index (χ4n) is 1.21. The van der Waals surface area contributed by atoms with Gasteiger partial charge in [-0.3, -0.25) is 4.98 Å². The maximum atomic E-state index is 8.53. The number of rotatable bonds is 1. The minimum Gasteiger partial charge on any atom is -0.253 e. The molecular weight excluding hydrogens is 233 g/mol. The zero-order valence-corrected chi connectivity index (χ0v) is 9.05. The molecule has 0 atom stereocenters. The van der Waals surface area contributed by atoms with Gasteiger partial charge in [0, 0.05) is 0 Å². The Morgan fingerprint density at radius 3 is 2.53 bits per heavy atom. The second-order valence-electron chi connectivity index (χ2n) is 2.95. The van der Waals surface area contributed by atoms with Crippen LogP contribution in [-0.2, 0) is 6.42 Å². The lowest BCUT2D eigenvalue weighted by Crippen LogP contribution is -1.91. The van der Waals surface area contributed by atoms with Crippen LogP contribution >= 0.6 is 23.2 Å². The summed E-state index contributed by atoms with van der Waals surface area (Å²) in [5.41, 5.74) is 1.95. The van der Waals surface area contributed by atoms with Crippen LogP contribution in [0.1, 0.15) is 5.69 Å². The molecule has 1 heterocycles. The van der Waals surface area contributed by atoms with Crippen molar-refractivity contribution in [3.05, 3.63) is 34.1 Å². The van der Waals surface area contributed by atoms with E-state index in [4.69, 9.17) is 28.5 Å². The summed E-state index contributed by atoms with van der Waals surface area (Å²) < 4.78 is 0. The molecule has 0 bridgehead atoms. The monoisotopic (exact) mass is 237 g/mol. The molecule has 3 nitrogen and oxygen atoms in total. The van der Waals surface area contributed by atoms with Crippen molar-refractivity contribution in [1.82, 2.24) is 9.97 Å². The first-order valence-corrected chi connectivity index (χ1v) is 4.94. The van der Waals surface area contributed by atoms with E-state index < -0.39 is 0 Å². The number of hydrogen-bond acceptors (Lipinski definition) is 3. The van der Waals surface area contributed by atoms with E-state index in [0.29, 0.717) is 26.8 Å². The van der Waals surface area contributed by atoms with Gasteiger partial charge in [-0.25, -0.2) is 4.98 Å². The summed E-state index contributed by atoms with van der Waals surface area (Å²) in [5.74, 6) is 0. The number of halogens is 2. The van der Waals surface area contributed by atoms with Gasteiger partial charge in [0.2, 0.25) is 0 Å². The van der Waals surface area contributed by atoms with Crippen molar-refractivity contribution in [3.8, 4) is 6.07 Å². The average Bonchev–Trinajstić information content (AvgIpc) is 2.21. The minimum absolute atomic E-state index is 0.239. The second-order valence-corrected chi connectivity index (χ2v) is 3.77.